The van der Waals surface area contributed by atoms with Crippen molar-refractivity contribution in [1.82, 2.24) is 29.2 Å². The third-order valence-corrected chi connectivity index (χ3v) is 6.63. The Labute approximate surface area is 219 Å². The number of pyridine rings is 1. The molecule has 1 aliphatic heterocycles. The van der Waals surface area contributed by atoms with Crippen molar-refractivity contribution in [1.29, 1.82) is 0 Å². The molecule has 1 aliphatic rings. The summed E-state index contributed by atoms with van der Waals surface area (Å²) < 4.78 is 9.32. The Bertz CT molecular complexity index is 1580. The number of benzene rings is 1. The van der Waals surface area contributed by atoms with Crippen LogP contribution in [0.5, 0.6) is 0 Å². The zero-order valence-corrected chi connectivity index (χ0v) is 21.5. The second-order valence-electron chi connectivity index (χ2n) is 8.85. The monoisotopic (exact) mass is 515 g/mol. The van der Waals surface area contributed by atoms with E-state index in [9.17, 15) is 4.79 Å². The van der Waals surface area contributed by atoms with Crippen molar-refractivity contribution in [3.05, 3.63) is 60.2 Å². The number of anilines is 1. The molecule has 1 fully saturated rings. The fourth-order valence-electron chi connectivity index (χ4n) is 4.81. The summed E-state index contributed by atoms with van der Waals surface area (Å²) in [7, 11) is 3.63. The molecule has 0 radical (unpaired) electrons. The number of methoxy groups -OCH3 is 1. The molecule has 11 nitrogen and oxygen atoms in total. The number of nitrogen functional groups attached to an aromatic ring is 1. The lowest BCUT2D eigenvalue weighted by Gasteiger charge is -2.22. The minimum absolute atomic E-state index is 0.0493. The van der Waals surface area contributed by atoms with Gasteiger partial charge in [-0.15, -0.1) is 0 Å². The molecule has 1 amide bonds. The number of rotatable bonds is 4. The zero-order chi connectivity index (χ0) is 27.4. The molecule has 196 valence electrons. The highest BCUT2D eigenvalue weighted by molar-refractivity contribution is 5.93. The van der Waals surface area contributed by atoms with Crippen molar-refractivity contribution >= 4 is 40.1 Å². The Balaban J connectivity index is 0.00000107. The number of carbonyl (C=O) groups is 2. The Hall–Kier alpha value is -4.69. The molecule has 3 N–H and O–H groups in total. The van der Waals surface area contributed by atoms with Crippen LogP contribution in [-0.2, 0) is 21.4 Å². The maximum atomic E-state index is 12.4. The number of carboxylic acid groups (broad SMARTS) is 1. The summed E-state index contributed by atoms with van der Waals surface area (Å²) in [6.07, 6.45) is 3.71. The smallest absolute Gasteiger partial charge is 0.290 e. The summed E-state index contributed by atoms with van der Waals surface area (Å²) in [5, 5.41) is 12.4. The van der Waals surface area contributed by atoms with E-state index in [1.165, 1.54) is 6.08 Å². The van der Waals surface area contributed by atoms with E-state index in [1.807, 2.05) is 47.5 Å². The van der Waals surface area contributed by atoms with Gasteiger partial charge in [0.25, 0.3) is 6.47 Å². The fourth-order valence-corrected chi connectivity index (χ4v) is 4.81. The van der Waals surface area contributed by atoms with E-state index in [2.05, 4.69) is 28.4 Å². The minimum Gasteiger partial charge on any atom is -0.483 e. The Morgan fingerprint density at radius 3 is 2.79 bits per heavy atom. The van der Waals surface area contributed by atoms with Crippen molar-refractivity contribution in [3.8, 4) is 11.8 Å². The molecule has 1 aromatic carbocycles. The second-order valence-corrected chi connectivity index (χ2v) is 8.85. The standard InChI is InChI=1S/C26H27N7O2.CH2O2/c1-5-24(34)32-14-18(13-19(32)15-35-4)33-23-10-11-28-26(27)25(23)20(30-33)8-6-17-7-9-22-21(12-17)29-16(2)31(22)3;2-1-3/h5,7,9-12,18-19H,1,13-15H2,2-4H3,(H2,27,28);1H,(H,2,3)/t18-,19+;/m0./s1. The minimum atomic E-state index is -0.250. The predicted molar refractivity (Wildman–Crippen MR) is 143 cm³/mol. The van der Waals surface area contributed by atoms with Gasteiger partial charge in [-0.2, -0.15) is 5.10 Å². The van der Waals surface area contributed by atoms with Gasteiger partial charge in [0.1, 0.15) is 17.3 Å². The van der Waals surface area contributed by atoms with Gasteiger partial charge in [0.15, 0.2) is 0 Å². The second kappa shape index (κ2) is 11.1. The van der Waals surface area contributed by atoms with Gasteiger partial charge in [0.05, 0.1) is 40.6 Å². The van der Waals surface area contributed by atoms with Gasteiger partial charge < -0.3 is 25.0 Å². The van der Waals surface area contributed by atoms with E-state index in [0.29, 0.717) is 36.5 Å². The molecule has 0 aliphatic carbocycles. The molecule has 5 rings (SSSR count). The molecule has 38 heavy (non-hydrogen) atoms. The third-order valence-electron chi connectivity index (χ3n) is 6.63. The molecule has 0 saturated carbocycles. The van der Waals surface area contributed by atoms with E-state index < -0.39 is 0 Å². The van der Waals surface area contributed by atoms with Gasteiger partial charge in [-0.1, -0.05) is 12.5 Å². The number of ether oxygens (including phenoxy) is 1. The number of aryl methyl sites for hydroxylation is 2. The van der Waals surface area contributed by atoms with Crippen molar-refractivity contribution in [2.24, 2.45) is 7.05 Å². The van der Waals surface area contributed by atoms with E-state index in [-0.39, 0.29) is 24.5 Å². The van der Waals surface area contributed by atoms with Crippen LogP contribution in [0.3, 0.4) is 0 Å². The van der Waals surface area contributed by atoms with E-state index in [1.54, 1.807) is 18.2 Å². The third kappa shape index (κ3) is 4.94. The zero-order valence-electron chi connectivity index (χ0n) is 21.5. The molecule has 0 bridgehead atoms. The number of nitrogens with zero attached hydrogens (tertiary/aromatic N) is 6. The molecule has 2 atom stereocenters. The van der Waals surface area contributed by atoms with Gasteiger partial charge >= 0.3 is 0 Å². The molecule has 11 heteroatoms. The summed E-state index contributed by atoms with van der Waals surface area (Å²) in [6.45, 7) is 6.31. The lowest BCUT2D eigenvalue weighted by Crippen LogP contribution is -2.37. The van der Waals surface area contributed by atoms with Crippen molar-refractivity contribution in [3.63, 3.8) is 0 Å². The number of hydrogen-bond donors (Lipinski definition) is 2. The van der Waals surface area contributed by atoms with E-state index in [4.69, 9.17) is 25.5 Å². The number of carbonyl (C=O) groups excluding carboxylic acids is 1. The highest BCUT2D eigenvalue weighted by atomic mass is 16.5. The predicted octanol–water partition coefficient (Wildman–Crippen LogP) is 2.28. The topological polar surface area (TPSA) is 141 Å². The highest BCUT2D eigenvalue weighted by Gasteiger charge is 2.36. The summed E-state index contributed by atoms with van der Waals surface area (Å²) in [4.78, 5) is 31.4. The number of nitrogens with two attached hydrogens (primary N) is 1. The van der Waals surface area contributed by atoms with Crippen molar-refractivity contribution in [2.45, 2.75) is 25.4 Å². The number of aromatic nitrogens is 5. The van der Waals surface area contributed by atoms with Crippen LogP contribution in [0.4, 0.5) is 5.82 Å². The molecule has 1 saturated heterocycles. The Morgan fingerprint density at radius 1 is 1.32 bits per heavy atom. The number of hydrogen-bond acceptors (Lipinski definition) is 7. The van der Waals surface area contributed by atoms with Crippen molar-refractivity contribution < 1.29 is 19.4 Å². The summed E-state index contributed by atoms with van der Waals surface area (Å²) in [5.74, 6) is 7.61. The number of imidazole rings is 1. The highest BCUT2D eigenvalue weighted by Crippen LogP contribution is 2.32. The first kappa shape index (κ1) is 26.4. The Morgan fingerprint density at radius 2 is 2.08 bits per heavy atom. The van der Waals surface area contributed by atoms with Crippen molar-refractivity contribution in [2.75, 3.05) is 26.0 Å². The number of fused-ring (bicyclic) bond motifs is 2. The first-order valence-corrected chi connectivity index (χ1v) is 11.9. The normalized spacial score (nSPS) is 16.6. The van der Waals surface area contributed by atoms with Crippen LogP contribution in [0, 0.1) is 18.8 Å². The molecular formula is C27H29N7O4. The molecule has 3 aromatic heterocycles. The first-order valence-electron chi connectivity index (χ1n) is 11.9. The summed E-state index contributed by atoms with van der Waals surface area (Å²) >= 11 is 0. The lowest BCUT2D eigenvalue weighted by atomic mass is 10.1. The summed E-state index contributed by atoms with van der Waals surface area (Å²) in [6, 6.07) is 7.74. The molecule has 0 unspecified atom stereocenters. The Kier molecular flexibility index (Phi) is 7.74. The van der Waals surface area contributed by atoms with Crippen LogP contribution >= 0.6 is 0 Å². The molecule has 4 heterocycles. The largest absolute Gasteiger partial charge is 0.483 e. The van der Waals surface area contributed by atoms with Gasteiger partial charge in [0, 0.05) is 32.5 Å². The number of amides is 1. The van der Waals surface area contributed by atoms with E-state index >= 15 is 0 Å². The van der Waals surface area contributed by atoms with Crippen LogP contribution in [0.2, 0.25) is 0 Å². The van der Waals surface area contributed by atoms with Crippen LogP contribution in [0.15, 0.2) is 43.1 Å². The first-order chi connectivity index (χ1) is 18.3. The maximum Gasteiger partial charge on any atom is 0.290 e. The van der Waals surface area contributed by atoms with Crippen LogP contribution in [0.1, 0.15) is 29.5 Å². The SMILES string of the molecule is C=CC(=O)N1C[C@@H](n2nc(C#Cc3ccc4c(c3)nc(C)n4C)c3c(N)nccc32)C[C@@H]1COC.O=CO. The molecule has 4 aromatic rings. The fraction of sp³-hybridized carbons (Fsp3) is 0.296. The van der Waals surface area contributed by atoms with Crippen LogP contribution in [0.25, 0.3) is 21.9 Å². The lowest BCUT2D eigenvalue weighted by molar-refractivity contribution is -0.127. The van der Waals surface area contributed by atoms with Gasteiger partial charge in [-0.3, -0.25) is 14.3 Å². The quantitative estimate of drug-likeness (QED) is 0.240. The van der Waals surface area contributed by atoms with E-state index in [0.717, 1.165) is 27.9 Å². The number of likely N-dealkylation sites (tertiary alicyclic amines) is 1. The van der Waals surface area contributed by atoms with Crippen LogP contribution < -0.4 is 5.73 Å². The van der Waals surface area contributed by atoms with Gasteiger partial charge in [-0.05, 0) is 49.6 Å². The summed E-state index contributed by atoms with van der Waals surface area (Å²) in [5.41, 5.74) is 10.4. The average molecular weight is 516 g/mol. The van der Waals surface area contributed by atoms with Gasteiger partial charge in [0.2, 0.25) is 5.91 Å². The average Bonchev–Trinajstić information content (AvgIpc) is 3.57. The van der Waals surface area contributed by atoms with Crippen LogP contribution in [-0.4, -0.2) is 73.0 Å². The maximum absolute atomic E-state index is 12.4. The molecular weight excluding hydrogens is 486 g/mol. The molecule has 0 spiro atoms. The van der Waals surface area contributed by atoms with Gasteiger partial charge in [-0.25, -0.2) is 9.97 Å².